The molecule has 6 heteroatoms. The first-order chi connectivity index (χ1) is 9.99. The molecule has 0 N–H and O–H groups in total. The van der Waals surface area contributed by atoms with Crippen LogP contribution in [0.5, 0.6) is 0 Å². The van der Waals surface area contributed by atoms with Crippen LogP contribution in [0.3, 0.4) is 0 Å². The zero-order chi connectivity index (χ0) is 16.1. The molecule has 0 aliphatic carbocycles. The predicted molar refractivity (Wildman–Crippen MR) is 83.7 cm³/mol. The first kappa shape index (κ1) is 19.8. The average Bonchev–Trinajstić information content (AvgIpc) is 2.43. The Kier molecular flexibility index (Phi) is 11.8. The van der Waals surface area contributed by atoms with Gasteiger partial charge in [-0.2, -0.15) is 0 Å². The van der Waals surface area contributed by atoms with Gasteiger partial charge in [0.25, 0.3) is 0 Å². The van der Waals surface area contributed by atoms with E-state index in [1.54, 1.807) is 6.92 Å². The van der Waals surface area contributed by atoms with Gasteiger partial charge < -0.3 is 0 Å². The van der Waals surface area contributed by atoms with Gasteiger partial charge in [0.15, 0.2) is 0 Å². The largest absolute Gasteiger partial charge is 0.264 e. The van der Waals surface area contributed by atoms with Crippen molar-refractivity contribution in [2.24, 2.45) is 0 Å². The Labute approximate surface area is 127 Å². The van der Waals surface area contributed by atoms with Gasteiger partial charge >= 0.3 is 0 Å². The highest BCUT2D eigenvalue weighted by Crippen LogP contribution is 2.15. The molecule has 124 valence electrons. The van der Waals surface area contributed by atoms with Crippen LogP contribution in [0.4, 0.5) is 0 Å². The number of hydrogen-bond donors (Lipinski definition) is 0. The van der Waals surface area contributed by atoms with Gasteiger partial charge in [-0.05, 0) is 12.8 Å². The van der Waals surface area contributed by atoms with Crippen molar-refractivity contribution in [1.82, 2.24) is 0 Å². The molecule has 2 unspecified atom stereocenters. The maximum atomic E-state index is 11.0. The van der Waals surface area contributed by atoms with E-state index in [0.29, 0.717) is 25.7 Å². The number of unbranched alkanes of at least 4 members (excludes halogenated alkanes) is 6. The molecule has 0 aromatic carbocycles. The minimum atomic E-state index is -0.601. The van der Waals surface area contributed by atoms with Crippen LogP contribution >= 0.6 is 0 Å². The number of nitro groups is 2. The van der Waals surface area contributed by atoms with Gasteiger partial charge in [-0.3, -0.25) is 20.2 Å². The van der Waals surface area contributed by atoms with E-state index >= 15 is 0 Å². The zero-order valence-electron chi connectivity index (χ0n) is 13.5. The van der Waals surface area contributed by atoms with Crippen LogP contribution < -0.4 is 0 Å². The number of hydrogen-bond acceptors (Lipinski definition) is 4. The van der Waals surface area contributed by atoms with Crippen LogP contribution in [-0.4, -0.2) is 21.9 Å². The fraction of sp³-hybridized carbons (Fsp3) is 1.00. The molecule has 0 aromatic rings. The van der Waals surface area contributed by atoms with Crippen LogP contribution in [0.2, 0.25) is 0 Å². The molecule has 0 fully saturated rings. The van der Waals surface area contributed by atoms with Gasteiger partial charge in [-0.15, -0.1) is 0 Å². The third-order valence-corrected chi connectivity index (χ3v) is 3.96. The minimum absolute atomic E-state index is 0.214. The Morgan fingerprint density at radius 3 is 1.81 bits per heavy atom. The second-order valence-corrected chi connectivity index (χ2v) is 5.91. The van der Waals surface area contributed by atoms with E-state index in [9.17, 15) is 20.2 Å². The summed E-state index contributed by atoms with van der Waals surface area (Å²) in [4.78, 5) is 20.9. The Balaban J connectivity index is 3.73. The number of nitrogens with zero attached hydrogens (tertiary/aromatic N) is 2. The van der Waals surface area contributed by atoms with E-state index in [1.165, 1.54) is 25.7 Å². The molecular weight excluding hydrogens is 272 g/mol. The van der Waals surface area contributed by atoms with Gasteiger partial charge in [0.1, 0.15) is 0 Å². The molecule has 6 nitrogen and oxygen atoms in total. The standard InChI is InChI=1S/C15H30N2O4/c1-3-4-5-6-7-8-9-12-15(17(20)21)13-10-11-14(2)16(18)19/h14-15H,3-13H2,1-2H3. The summed E-state index contributed by atoms with van der Waals surface area (Å²) in [6.45, 7) is 3.74. The first-order valence-corrected chi connectivity index (χ1v) is 8.26. The van der Waals surface area contributed by atoms with Crippen LogP contribution in [-0.2, 0) is 0 Å². The zero-order valence-corrected chi connectivity index (χ0v) is 13.5. The van der Waals surface area contributed by atoms with Crippen molar-refractivity contribution in [3.63, 3.8) is 0 Å². The van der Waals surface area contributed by atoms with Crippen LogP contribution in [0.1, 0.15) is 84.5 Å². The third kappa shape index (κ3) is 11.2. The summed E-state index contributed by atoms with van der Waals surface area (Å²) in [5.41, 5.74) is 0. The Bertz CT molecular complexity index is 297. The lowest BCUT2D eigenvalue weighted by molar-refractivity contribution is -0.527. The summed E-state index contributed by atoms with van der Waals surface area (Å²) in [7, 11) is 0. The molecule has 0 bridgehead atoms. The van der Waals surface area contributed by atoms with E-state index in [-0.39, 0.29) is 9.85 Å². The first-order valence-electron chi connectivity index (χ1n) is 8.26. The molecule has 0 saturated heterocycles. The molecule has 21 heavy (non-hydrogen) atoms. The highest BCUT2D eigenvalue weighted by Gasteiger charge is 2.21. The Morgan fingerprint density at radius 2 is 1.29 bits per heavy atom. The molecule has 0 saturated carbocycles. The Hall–Kier alpha value is -1.20. The quantitative estimate of drug-likeness (QED) is 0.266. The summed E-state index contributed by atoms with van der Waals surface area (Å²) in [5.74, 6) is 0. The molecule has 0 heterocycles. The van der Waals surface area contributed by atoms with Crippen molar-refractivity contribution >= 4 is 0 Å². The molecule has 0 radical (unpaired) electrons. The van der Waals surface area contributed by atoms with Gasteiger partial charge in [-0.1, -0.05) is 45.4 Å². The fourth-order valence-electron chi connectivity index (χ4n) is 2.45. The minimum Gasteiger partial charge on any atom is -0.264 e. The lowest BCUT2D eigenvalue weighted by Gasteiger charge is -2.10. The molecule has 0 amide bonds. The maximum Gasteiger partial charge on any atom is 0.213 e. The summed E-state index contributed by atoms with van der Waals surface area (Å²) >= 11 is 0. The lowest BCUT2D eigenvalue weighted by Crippen LogP contribution is -2.21. The van der Waals surface area contributed by atoms with Crippen molar-refractivity contribution in [3.8, 4) is 0 Å². The second kappa shape index (κ2) is 12.5. The van der Waals surface area contributed by atoms with Crippen molar-refractivity contribution in [1.29, 1.82) is 0 Å². The van der Waals surface area contributed by atoms with E-state index in [0.717, 1.165) is 19.3 Å². The maximum absolute atomic E-state index is 11.0. The van der Waals surface area contributed by atoms with Gasteiger partial charge in [-0.25, -0.2) is 0 Å². The second-order valence-electron chi connectivity index (χ2n) is 5.91. The molecule has 2 atom stereocenters. The fourth-order valence-corrected chi connectivity index (χ4v) is 2.45. The van der Waals surface area contributed by atoms with Crippen molar-refractivity contribution in [2.75, 3.05) is 0 Å². The molecular formula is C15H30N2O4. The topological polar surface area (TPSA) is 86.3 Å². The third-order valence-electron chi connectivity index (χ3n) is 3.96. The van der Waals surface area contributed by atoms with Gasteiger partial charge in [0.2, 0.25) is 12.1 Å². The average molecular weight is 302 g/mol. The van der Waals surface area contributed by atoms with Gasteiger partial charge in [0.05, 0.1) is 0 Å². The van der Waals surface area contributed by atoms with E-state index < -0.39 is 12.1 Å². The van der Waals surface area contributed by atoms with Crippen molar-refractivity contribution < 1.29 is 9.85 Å². The lowest BCUT2D eigenvalue weighted by atomic mass is 10.0. The van der Waals surface area contributed by atoms with Gasteiger partial charge in [0, 0.05) is 36.0 Å². The van der Waals surface area contributed by atoms with E-state index in [4.69, 9.17) is 0 Å². The summed E-state index contributed by atoms with van der Waals surface area (Å²) in [6, 6.07) is -1.13. The number of rotatable bonds is 14. The summed E-state index contributed by atoms with van der Waals surface area (Å²) < 4.78 is 0. The van der Waals surface area contributed by atoms with E-state index in [2.05, 4.69) is 6.92 Å². The molecule has 0 spiro atoms. The normalized spacial score (nSPS) is 13.8. The highest BCUT2D eigenvalue weighted by atomic mass is 16.6. The monoisotopic (exact) mass is 302 g/mol. The molecule has 0 aromatic heterocycles. The van der Waals surface area contributed by atoms with Crippen molar-refractivity contribution in [2.45, 2.75) is 96.6 Å². The SMILES string of the molecule is CCCCCCCCCC(CCCC(C)[N+](=O)[O-])[N+](=O)[O-]. The Morgan fingerprint density at radius 1 is 0.762 bits per heavy atom. The van der Waals surface area contributed by atoms with Crippen molar-refractivity contribution in [3.05, 3.63) is 20.2 Å². The van der Waals surface area contributed by atoms with Crippen LogP contribution in [0.25, 0.3) is 0 Å². The molecule has 0 rings (SSSR count). The molecule has 0 aliphatic heterocycles. The van der Waals surface area contributed by atoms with Crippen LogP contribution in [0, 0.1) is 20.2 Å². The predicted octanol–water partition coefficient (Wildman–Crippen LogP) is 4.61. The summed E-state index contributed by atoms with van der Waals surface area (Å²) in [6.07, 6.45) is 10.1. The smallest absolute Gasteiger partial charge is 0.213 e. The van der Waals surface area contributed by atoms with E-state index in [1.807, 2.05) is 0 Å². The highest BCUT2D eigenvalue weighted by molar-refractivity contribution is 4.60. The summed E-state index contributed by atoms with van der Waals surface area (Å²) in [5, 5.41) is 21.5. The molecule has 0 aliphatic rings. The van der Waals surface area contributed by atoms with Crippen LogP contribution in [0.15, 0.2) is 0 Å².